The smallest absolute Gasteiger partial charge is 0.126 e. The van der Waals surface area contributed by atoms with E-state index in [1.54, 1.807) is 13.0 Å². The van der Waals surface area contributed by atoms with Crippen LogP contribution in [0, 0.1) is 12.7 Å². The quantitative estimate of drug-likeness (QED) is 0.703. The van der Waals surface area contributed by atoms with E-state index in [1.807, 2.05) is 35.7 Å². The summed E-state index contributed by atoms with van der Waals surface area (Å²) in [5.74, 6) is -0.210. The zero-order chi connectivity index (χ0) is 14.1. The highest BCUT2D eigenvalue weighted by molar-refractivity contribution is 7.13. The summed E-state index contributed by atoms with van der Waals surface area (Å²) in [4.78, 5) is 4.55. The lowest BCUT2D eigenvalue weighted by atomic mass is 10.1. The van der Waals surface area contributed by atoms with Gasteiger partial charge in [-0.2, -0.15) is 0 Å². The van der Waals surface area contributed by atoms with E-state index < -0.39 is 0 Å². The van der Waals surface area contributed by atoms with Crippen molar-refractivity contribution in [2.24, 2.45) is 0 Å². The summed E-state index contributed by atoms with van der Waals surface area (Å²) in [6.45, 7) is 1.75. The van der Waals surface area contributed by atoms with E-state index in [9.17, 15) is 4.39 Å². The van der Waals surface area contributed by atoms with Crippen molar-refractivity contribution in [3.8, 4) is 21.8 Å². The van der Waals surface area contributed by atoms with Crippen LogP contribution in [0.25, 0.3) is 21.8 Å². The second-order valence-corrected chi connectivity index (χ2v) is 5.45. The molecule has 0 aliphatic heterocycles. The molecule has 0 atom stereocenters. The highest BCUT2D eigenvalue weighted by Gasteiger charge is 2.10. The van der Waals surface area contributed by atoms with Crippen LogP contribution in [0.15, 0.2) is 47.8 Å². The number of benzene rings is 2. The van der Waals surface area contributed by atoms with Crippen molar-refractivity contribution in [2.75, 3.05) is 5.73 Å². The van der Waals surface area contributed by atoms with Crippen LogP contribution in [0.4, 0.5) is 10.1 Å². The molecule has 2 nitrogen and oxygen atoms in total. The van der Waals surface area contributed by atoms with Gasteiger partial charge in [-0.1, -0.05) is 30.3 Å². The lowest BCUT2D eigenvalue weighted by molar-refractivity contribution is 0.619. The molecular formula is C16H13FN2S. The number of aromatic nitrogens is 1. The summed E-state index contributed by atoms with van der Waals surface area (Å²) in [5, 5.41) is 2.74. The van der Waals surface area contributed by atoms with Crippen molar-refractivity contribution in [1.29, 1.82) is 0 Å². The Bertz CT molecular complexity index is 765. The molecule has 0 saturated carbocycles. The van der Waals surface area contributed by atoms with Crippen molar-refractivity contribution in [3.05, 3.63) is 59.2 Å². The zero-order valence-electron chi connectivity index (χ0n) is 10.9. The molecule has 0 aliphatic carbocycles. The molecule has 4 heteroatoms. The fourth-order valence-corrected chi connectivity index (χ4v) is 2.80. The fourth-order valence-electron chi connectivity index (χ4n) is 1.99. The molecule has 1 aromatic heterocycles. The Morgan fingerprint density at radius 2 is 1.95 bits per heavy atom. The Kier molecular flexibility index (Phi) is 3.24. The Morgan fingerprint density at radius 3 is 2.70 bits per heavy atom. The normalized spacial score (nSPS) is 10.7. The number of para-hydroxylation sites is 1. The topological polar surface area (TPSA) is 38.9 Å². The van der Waals surface area contributed by atoms with E-state index in [4.69, 9.17) is 5.73 Å². The predicted octanol–water partition coefficient (Wildman–Crippen LogP) is 4.51. The lowest BCUT2D eigenvalue weighted by Gasteiger charge is -2.01. The molecule has 0 bridgehead atoms. The Balaban J connectivity index is 2.02. The molecule has 2 aromatic carbocycles. The molecule has 0 aliphatic rings. The molecule has 1 heterocycles. The third-order valence-corrected chi connectivity index (χ3v) is 4.05. The average Bonchev–Trinajstić information content (AvgIpc) is 2.92. The largest absolute Gasteiger partial charge is 0.398 e. The van der Waals surface area contributed by atoms with E-state index in [0.717, 1.165) is 21.8 Å². The van der Waals surface area contributed by atoms with E-state index in [-0.39, 0.29) is 5.82 Å². The molecule has 20 heavy (non-hydrogen) atoms. The predicted molar refractivity (Wildman–Crippen MR) is 82.1 cm³/mol. The van der Waals surface area contributed by atoms with Gasteiger partial charge in [-0.05, 0) is 24.6 Å². The molecule has 0 amide bonds. The molecule has 100 valence electrons. The first kappa shape index (κ1) is 12.8. The zero-order valence-corrected chi connectivity index (χ0v) is 11.7. The van der Waals surface area contributed by atoms with Crippen LogP contribution in [0.3, 0.4) is 0 Å². The number of thiazole rings is 1. The number of aryl methyl sites for hydroxylation is 1. The lowest BCUT2D eigenvalue weighted by Crippen LogP contribution is -1.89. The van der Waals surface area contributed by atoms with Crippen LogP contribution in [-0.2, 0) is 0 Å². The van der Waals surface area contributed by atoms with Crippen LogP contribution in [0.5, 0.6) is 0 Å². The molecule has 2 N–H and O–H groups in total. The molecule has 0 radical (unpaired) electrons. The second kappa shape index (κ2) is 5.06. The number of nitrogen functional groups attached to an aromatic ring is 1. The van der Waals surface area contributed by atoms with Gasteiger partial charge in [0.2, 0.25) is 0 Å². The van der Waals surface area contributed by atoms with Gasteiger partial charge < -0.3 is 5.73 Å². The van der Waals surface area contributed by atoms with Gasteiger partial charge in [-0.3, -0.25) is 0 Å². The average molecular weight is 284 g/mol. The minimum Gasteiger partial charge on any atom is -0.398 e. The van der Waals surface area contributed by atoms with Gasteiger partial charge in [0, 0.05) is 22.2 Å². The monoisotopic (exact) mass is 284 g/mol. The van der Waals surface area contributed by atoms with Gasteiger partial charge in [-0.25, -0.2) is 9.37 Å². The van der Waals surface area contributed by atoms with Gasteiger partial charge in [0.15, 0.2) is 0 Å². The van der Waals surface area contributed by atoms with Crippen LogP contribution < -0.4 is 5.73 Å². The summed E-state index contributed by atoms with van der Waals surface area (Å²) in [6.07, 6.45) is 0. The number of anilines is 1. The van der Waals surface area contributed by atoms with Gasteiger partial charge >= 0.3 is 0 Å². The molecule has 0 fully saturated rings. The van der Waals surface area contributed by atoms with Crippen molar-refractivity contribution in [3.63, 3.8) is 0 Å². The van der Waals surface area contributed by atoms with Crippen LogP contribution in [0.2, 0.25) is 0 Å². The van der Waals surface area contributed by atoms with Gasteiger partial charge in [-0.15, -0.1) is 11.3 Å². The Hall–Kier alpha value is -2.20. The Labute approximate surface area is 120 Å². The molecule has 3 aromatic rings. The van der Waals surface area contributed by atoms with Gasteiger partial charge in [0.05, 0.1) is 5.69 Å². The standard InChI is InChI=1S/C16H13FN2S/c1-10-6-7-11(8-13(10)17)16-19-15(9-20-16)12-4-2-3-5-14(12)18/h2-9H,18H2,1H3. The maximum Gasteiger partial charge on any atom is 0.126 e. The van der Waals surface area contributed by atoms with E-state index in [0.29, 0.717) is 11.3 Å². The third kappa shape index (κ3) is 2.30. The first-order valence-corrected chi connectivity index (χ1v) is 7.10. The fraction of sp³-hybridized carbons (Fsp3) is 0.0625. The van der Waals surface area contributed by atoms with E-state index in [1.165, 1.54) is 17.4 Å². The minimum atomic E-state index is -0.210. The van der Waals surface area contributed by atoms with Gasteiger partial charge in [0.25, 0.3) is 0 Å². The first-order chi connectivity index (χ1) is 9.65. The van der Waals surface area contributed by atoms with Crippen LogP contribution >= 0.6 is 11.3 Å². The van der Waals surface area contributed by atoms with Crippen LogP contribution in [0.1, 0.15) is 5.56 Å². The van der Waals surface area contributed by atoms with Gasteiger partial charge in [0.1, 0.15) is 10.8 Å². The number of hydrogen-bond acceptors (Lipinski definition) is 3. The molecule has 0 unspecified atom stereocenters. The third-order valence-electron chi connectivity index (χ3n) is 3.16. The summed E-state index contributed by atoms with van der Waals surface area (Å²) in [6, 6.07) is 12.8. The van der Waals surface area contributed by atoms with Crippen LogP contribution in [-0.4, -0.2) is 4.98 Å². The Morgan fingerprint density at radius 1 is 1.15 bits per heavy atom. The van der Waals surface area contributed by atoms with Crippen molar-refractivity contribution in [2.45, 2.75) is 6.92 Å². The number of nitrogens with zero attached hydrogens (tertiary/aromatic N) is 1. The minimum absolute atomic E-state index is 0.210. The molecule has 0 spiro atoms. The molecule has 0 saturated heterocycles. The number of halogens is 1. The van der Waals surface area contributed by atoms with Crippen molar-refractivity contribution >= 4 is 17.0 Å². The maximum atomic E-state index is 13.6. The van der Waals surface area contributed by atoms with E-state index >= 15 is 0 Å². The first-order valence-electron chi connectivity index (χ1n) is 6.22. The highest BCUT2D eigenvalue weighted by Crippen LogP contribution is 2.31. The van der Waals surface area contributed by atoms with E-state index in [2.05, 4.69) is 4.98 Å². The maximum absolute atomic E-state index is 13.6. The SMILES string of the molecule is Cc1ccc(-c2nc(-c3ccccc3N)cs2)cc1F. The highest BCUT2D eigenvalue weighted by atomic mass is 32.1. The van der Waals surface area contributed by atoms with Crippen molar-refractivity contribution in [1.82, 2.24) is 4.98 Å². The second-order valence-electron chi connectivity index (χ2n) is 4.59. The molecule has 3 rings (SSSR count). The summed E-state index contributed by atoms with van der Waals surface area (Å²) in [5.41, 5.74) is 9.80. The number of hydrogen-bond donors (Lipinski definition) is 1. The number of rotatable bonds is 2. The summed E-state index contributed by atoms with van der Waals surface area (Å²) in [7, 11) is 0. The summed E-state index contributed by atoms with van der Waals surface area (Å²) >= 11 is 1.49. The summed E-state index contributed by atoms with van der Waals surface area (Å²) < 4.78 is 13.6. The van der Waals surface area contributed by atoms with Crippen molar-refractivity contribution < 1.29 is 4.39 Å². The molecular weight excluding hydrogens is 271 g/mol. The number of nitrogens with two attached hydrogens (primary N) is 1.